The molecule has 0 saturated carbocycles. The van der Waals surface area contributed by atoms with E-state index in [0.29, 0.717) is 26.4 Å². The Morgan fingerprint density at radius 1 is 1.18 bits per heavy atom. The van der Waals surface area contributed by atoms with Gasteiger partial charge in [-0.3, -0.25) is 14.5 Å². The summed E-state index contributed by atoms with van der Waals surface area (Å²) < 4.78 is 0. The van der Waals surface area contributed by atoms with E-state index in [-0.39, 0.29) is 11.8 Å². The molecule has 0 spiro atoms. The number of anilines is 1. The molecule has 1 aliphatic heterocycles. The highest BCUT2D eigenvalue weighted by molar-refractivity contribution is 7.18. The van der Waals surface area contributed by atoms with Gasteiger partial charge in [0, 0.05) is 32.7 Å². The average Bonchev–Trinajstić information content (AvgIpc) is 3.01. The van der Waals surface area contributed by atoms with Crippen molar-refractivity contribution in [3.05, 3.63) is 51.4 Å². The first-order chi connectivity index (χ1) is 13.3. The van der Waals surface area contributed by atoms with Crippen molar-refractivity contribution in [3.63, 3.8) is 0 Å². The molecule has 1 aliphatic rings. The smallest absolute Gasteiger partial charge is 0.264 e. The molecule has 2 aromatic rings. The van der Waals surface area contributed by atoms with Gasteiger partial charge in [-0.2, -0.15) is 0 Å². The maximum Gasteiger partial charge on any atom is 0.264 e. The zero-order chi connectivity index (χ0) is 20.3. The predicted octanol–water partition coefficient (Wildman–Crippen LogP) is 4.38. The summed E-state index contributed by atoms with van der Waals surface area (Å²) >= 11 is 7.42. The van der Waals surface area contributed by atoms with E-state index in [0.717, 1.165) is 38.3 Å². The first-order valence-corrected chi connectivity index (χ1v) is 10.7. The number of nitrogens with one attached hydrogen (secondary N) is 1. The summed E-state index contributed by atoms with van der Waals surface area (Å²) in [5, 5.41) is 3.93. The molecule has 1 aromatic heterocycles. The number of amides is 2. The Labute approximate surface area is 175 Å². The van der Waals surface area contributed by atoms with Gasteiger partial charge in [-0.1, -0.05) is 37.6 Å². The van der Waals surface area contributed by atoms with Gasteiger partial charge in [0.05, 0.1) is 20.5 Å². The Bertz CT molecular complexity index is 857. The van der Waals surface area contributed by atoms with Crippen LogP contribution in [0.15, 0.2) is 30.3 Å². The van der Waals surface area contributed by atoms with Crippen molar-refractivity contribution in [1.29, 1.82) is 0 Å². The Kier molecular flexibility index (Phi) is 6.75. The maximum atomic E-state index is 13.0. The number of piperazine rings is 1. The van der Waals surface area contributed by atoms with Crippen LogP contribution in [0, 0.1) is 12.8 Å². The Hall–Kier alpha value is -1.89. The monoisotopic (exact) mass is 419 g/mol. The van der Waals surface area contributed by atoms with Crippen molar-refractivity contribution >= 4 is 39.8 Å². The van der Waals surface area contributed by atoms with Gasteiger partial charge in [-0.05, 0) is 36.6 Å². The highest BCUT2D eigenvalue weighted by Gasteiger charge is 2.25. The van der Waals surface area contributed by atoms with E-state index in [2.05, 4.69) is 24.1 Å². The van der Waals surface area contributed by atoms with Crippen LogP contribution in [0.25, 0.3) is 0 Å². The van der Waals surface area contributed by atoms with Crippen LogP contribution in [-0.4, -0.2) is 54.3 Å². The molecule has 3 rings (SSSR count). The Morgan fingerprint density at radius 3 is 2.50 bits per heavy atom. The number of thiophene rings is 1. The number of halogens is 1. The fourth-order valence-electron chi connectivity index (χ4n) is 3.37. The molecule has 150 valence electrons. The highest BCUT2D eigenvalue weighted by Crippen LogP contribution is 2.29. The second kappa shape index (κ2) is 9.07. The van der Waals surface area contributed by atoms with Crippen LogP contribution in [0.2, 0.25) is 5.02 Å². The zero-order valence-corrected chi connectivity index (χ0v) is 18.1. The lowest BCUT2D eigenvalue weighted by molar-refractivity contribution is 0.0628. The van der Waals surface area contributed by atoms with Gasteiger partial charge < -0.3 is 10.2 Å². The van der Waals surface area contributed by atoms with Gasteiger partial charge in [-0.25, -0.2) is 0 Å². The van der Waals surface area contributed by atoms with Gasteiger partial charge in [0.15, 0.2) is 0 Å². The van der Waals surface area contributed by atoms with E-state index in [1.54, 1.807) is 24.3 Å². The lowest BCUT2D eigenvalue weighted by atomic mass is 10.2. The summed E-state index contributed by atoms with van der Waals surface area (Å²) in [6, 6.07) is 8.77. The maximum absolute atomic E-state index is 13.0. The van der Waals surface area contributed by atoms with Gasteiger partial charge in [-0.15, -0.1) is 11.3 Å². The second-order valence-corrected chi connectivity index (χ2v) is 9.00. The van der Waals surface area contributed by atoms with E-state index < -0.39 is 0 Å². The number of carbonyl (C=O) groups is 2. The molecule has 1 aromatic carbocycles. The zero-order valence-electron chi connectivity index (χ0n) is 16.5. The van der Waals surface area contributed by atoms with Gasteiger partial charge >= 0.3 is 0 Å². The minimum absolute atomic E-state index is 0.0462. The minimum atomic E-state index is -0.270. The second-order valence-electron chi connectivity index (χ2n) is 7.54. The fourth-order valence-corrected chi connectivity index (χ4v) is 4.63. The molecule has 1 fully saturated rings. The third kappa shape index (κ3) is 4.93. The standard InChI is InChI=1S/C21H26ClN3O2S/c1-14(2)13-24-8-10-25(11-9-24)21(27)19-15(3)12-18(28-19)23-20(26)16-6-4-5-7-17(16)22/h4-7,12,14H,8-11,13H2,1-3H3,(H,23,26). The SMILES string of the molecule is Cc1cc(NC(=O)c2ccccc2Cl)sc1C(=O)N1CCN(CC(C)C)CC1. The first-order valence-electron chi connectivity index (χ1n) is 9.53. The van der Waals surface area contributed by atoms with Crippen LogP contribution in [-0.2, 0) is 0 Å². The van der Waals surface area contributed by atoms with Crippen LogP contribution < -0.4 is 5.32 Å². The molecule has 5 nitrogen and oxygen atoms in total. The lowest BCUT2D eigenvalue weighted by Crippen LogP contribution is -2.49. The van der Waals surface area contributed by atoms with Crippen LogP contribution in [0.4, 0.5) is 5.00 Å². The van der Waals surface area contributed by atoms with Gasteiger partial charge in [0.1, 0.15) is 0 Å². The molecule has 0 bridgehead atoms. The van der Waals surface area contributed by atoms with Crippen LogP contribution >= 0.6 is 22.9 Å². The van der Waals surface area contributed by atoms with Gasteiger partial charge in [0.2, 0.25) is 0 Å². The summed E-state index contributed by atoms with van der Waals surface area (Å²) in [6.45, 7) is 10.7. The molecule has 1 N–H and O–H groups in total. The third-order valence-corrected chi connectivity index (χ3v) is 6.22. The molecule has 0 atom stereocenters. The third-order valence-electron chi connectivity index (χ3n) is 4.75. The van der Waals surface area contributed by atoms with Crippen molar-refractivity contribution < 1.29 is 9.59 Å². The molecule has 0 radical (unpaired) electrons. The normalized spacial score (nSPS) is 15.1. The van der Waals surface area contributed by atoms with E-state index in [1.165, 1.54) is 11.3 Å². The summed E-state index contributed by atoms with van der Waals surface area (Å²) in [4.78, 5) is 30.4. The van der Waals surface area contributed by atoms with Crippen LogP contribution in [0.5, 0.6) is 0 Å². The number of aryl methyl sites for hydroxylation is 1. The number of carbonyl (C=O) groups excluding carboxylic acids is 2. The van der Waals surface area contributed by atoms with Crippen LogP contribution in [0.1, 0.15) is 39.4 Å². The predicted molar refractivity (Wildman–Crippen MR) is 116 cm³/mol. The fraction of sp³-hybridized carbons (Fsp3) is 0.429. The van der Waals surface area contributed by atoms with Crippen molar-refractivity contribution in [2.75, 3.05) is 38.0 Å². The molecule has 28 heavy (non-hydrogen) atoms. The summed E-state index contributed by atoms with van der Waals surface area (Å²) in [6.07, 6.45) is 0. The highest BCUT2D eigenvalue weighted by atomic mass is 35.5. The summed E-state index contributed by atoms with van der Waals surface area (Å²) in [5.74, 6) is 0.407. The van der Waals surface area contributed by atoms with E-state index in [9.17, 15) is 9.59 Å². The first kappa shape index (κ1) is 20.8. The lowest BCUT2D eigenvalue weighted by Gasteiger charge is -2.35. The van der Waals surface area contributed by atoms with Crippen LogP contribution in [0.3, 0.4) is 0 Å². The van der Waals surface area contributed by atoms with Crippen molar-refractivity contribution in [2.24, 2.45) is 5.92 Å². The largest absolute Gasteiger partial charge is 0.335 e. The molecule has 2 amide bonds. The molecular weight excluding hydrogens is 394 g/mol. The van der Waals surface area contributed by atoms with E-state index in [1.807, 2.05) is 17.9 Å². The van der Waals surface area contributed by atoms with E-state index >= 15 is 0 Å². The molecule has 7 heteroatoms. The number of hydrogen-bond donors (Lipinski definition) is 1. The topological polar surface area (TPSA) is 52.7 Å². The number of benzene rings is 1. The molecular formula is C21H26ClN3O2S. The number of rotatable bonds is 5. The van der Waals surface area contributed by atoms with Crippen molar-refractivity contribution in [2.45, 2.75) is 20.8 Å². The van der Waals surface area contributed by atoms with Crippen molar-refractivity contribution in [1.82, 2.24) is 9.80 Å². The summed E-state index contributed by atoms with van der Waals surface area (Å²) in [5.41, 5.74) is 1.30. The van der Waals surface area contributed by atoms with Crippen molar-refractivity contribution in [3.8, 4) is 0 Å². The number of nitrogens with zero attached hydrogens (tertiary/aromatic N) is 2. The van der Waals surface area contributed by atoms with E-state index in [4.69, 9.17) is 11.6 Å². The molecule has 1 saturated heterocycles. The Morgan fingerprint density at radius 2 is 1.86 bits per heavy atom. The quantitative estimate of drug-likeness (QED) is 0.782. The summed E-state index contributed by atoms with van der Waals surface area (Å²) in [7, 11) is 0. The Balaban J connectivity index is 1.65. The molecule has 0 aliphatic carbocycles. The average molecular weight is 420 g/mol. The minimum Gasteiger partial charge on any atom is -0.335 e. The molecule has 2 heterocycles. The molecule has 0 unspecified atom stereocenters. The van der Waals surface area contributed by atoms with Gasteiger partial charge in [0.25, 0.3) is 11.8 Å². The number of hydrogen-bond acceptors (Lipinski definition) is 4.